The first kappa shape index (κ1) is 20.0. The van der Waals surface area contributed by atoms with Gasteiger partial charge in [-0.25, -0.2) is 4.39 Å². The maximum atomic E-state index is 13.6. The quantitative estimate of drug-likeness (QED) is 0.863. The Hall–Kier alpha value is -2.76. The molecule has 2 atom stereocenters. The molecule has 0 spiro atoms. The second-order valence-electron chi connectivity index (χ2n) is 7.33. The van der Waals surface area contributed by atoms with Gasteiger partial charge in [0.15, 0.2) is 0 Å². The van der Waals surface area contributed by atoms with Gasteiger partial charge in [0.1, 0.15) is 5.82 Å². The monoisotopic (exact) mass is 383 g/mol. The van der Waals surface area contributed by atoms with Crippen molar-refractivity contribution in [3.63, 3.8) is 0 Å². The smallest absolute Gasteiger partial charge is 0.224 e. The van der Waals surface area contributed by atoms with Crippen LogP contribution in [0.15, 0.2) is 42.6 Å². The molecule has 0 radical (unpaired) electrons. The van der Waals surface area contributed by atoms with Crippen LogP contribution in [-0.2, 0) is 16.0 Å². The summed E-state index contributed by atoms with van der Waals surface area (Å²) in [6.45, 7) is 4.14. The summed E-state index contributed by atoms with van der Waals surface area (Å²) in [4.78, 5) is 30.8. The molecule has 0 aliphatic carbocycles. The highest BCUT2D eigenvalue weighted by molar-refractivity contribution is 5.81. The maximum Gasteiger partial charge on any atom is 0.224 e. The number of halogens is 1. The van der Waals surface area contributed by atoms with Crippen molar-refractivity contribution in [2.45, 2.75) is 39.2 Å². The molecule has 2 amide bonds. The predicted octanol–water partition coefficient (Wildman–Crippen LogP) is 3.19. The number of pyridine rings is 1. The first-order chi connectivity index (χ1) is 13.5. The third-order valence-electron chi connectivity index (χ3n) is 5.33. The molecule has 1 fully saturated rings. The first-order valence-corrected chi connectivity index (χ1v) is 9.66. The number of aromatic nitrogens is 1. The van der Waals surface area contributed by atoms with Crippen molar-refractivity contribution in [2.24, 2.45) is 5.92 Å². The summed E-state index contributed by atoms with van der Waals surface area (Å²) in [6, 6.07) is 10.6. The molecule has 1 saturated heterocycles. The van der Waals surface area contributed by atoms with E-state index in [1.165, 1.54) is 13.0 Å². The summed E-state index contributed by atoms with van der Waals surface area (Å²) in [5.41, 5.74) is 2.42. The van der Waals surface area contributed by atoms with Crippen molar-refractivity contribution in [3.05, 3.63) is 65.2 Å². The minimum Gasteiger partial charge on any atom is -0.355 e. The zero-order valence-electron chi connectivity index (χ0n) is 16.3. The fourth-order valence-corrected chi connectivity index (χ4v) is 3.76. The third-order valence-corrected chi connectivity index (χ3v) is 5.33. The van der Waals surface area contributed by atoms with Gasteiger partial charge in [0, 0.05) is 38.3 Å². The summed E-state index contributed by atoms with van der Waals surface area (Å²) in [5, 5.41) is 2.97. The Morgan fingerprint density at radius 2 is 2.07 bits per heavy atom. The Labute approximate surface area is 165 Å². The van der Waals surface area contributed by atoms with Crippen molar-refractivity contribution < 1.29 is 14.0 Å². The van der Waals surface area contributed by atoms with Gasteiger partial charge in [-0.15, -0.1) is 0 Å². The first-order valence-electron chi connectivity index (χ1n) is 9.66. The van der Waals surface area contributed by atoms with Crippen LogP contribution in [0.2, 0.25) is 0 Å². The maximum absolute atomic E-state index is 13.6. The lowest BCUT2D eigenvalue weighted by Gasteiger charge is -2.39. The van der Waals surface area contributed by atoms with Crippen LogP contribution < -0.4 is 5.32 Å². The van der Waals surface area contributed by atoms with Crippen LogP contribution in [0.1, 0.15) is 42.6 Å². The van der Waals surface area contributed by atoms with E-state index in [4.69, 9.17) is 0 Å². The average molecular weight is 383 g/mol. The van der Waals surface area contributed by atoms with E-state index >= 15 is 0 Å². The second kappa shape index (κ2) is 8.95. The van der Waals surface area contributed by atoms with Gasteiger partial charge in [-0.3, -0.25) is 14.6 Å². The number of nitrogens with one attached hydrogen (secondary N) is 1. The van der Waals surface area contributed by atoms with Crippen LogP contribution >= 0.6 is 0 Å². The van der Waals surface area contributed by atoms with Crippen LogP contribution in [0.4, 0.5) is 4.39 Å². The molecule has 1 aromatic carbocycles. The Morgan fingerprint density at radius 3 is 2.75 bits per heavy atom. The zero-order valence-corrected chi connectivity index (χ0v) is 16.3. The number of piperidine rings is 1. The molecule has 2 aromatic rings. The number of hydrogen-bond donors (Lipinski definition) is 1. The van der Waals surface area contributed by atoms with Crippen molar-refractivity contribution in [3.8, 4) is 0 Å². The van der Waals surface area contributed by atoms with E-state index in [1.807, 2.05) is 18.2 Å². The lowest BCUT2D eigenvalue weighted by Crippen LogP contribution is -2.46. The van der Waals surface area contributed by atoms with Gasteiger partial charge in [-0.2, -0.15) is 0 Å². The zero-order chi connectivity index (χ0) is 20.1. The molecule has 1 aromatic heterocycles. The van der Waals surface area contributed by atoms with Gasteiger partial charge >= 0.3 is 0 Å². The Kier molecular flexibility index (Phi) is 6.39. The van der Waals surface area contributed by atoms with Gasteiger partial charge in [0.05, 0.1) is 12.0 Å². The summed E-state index contributed by atoms with van der Waals surface area (Å²) >= 11 is 0. The van der Waals surface area contributed by atoms with E-state index in [-0.39, 0.29) is 29.6 Å². The SMILES string of the molecule is CC(=O)N1C[C@H](C(=O)NCCc2ccccn2)CC[C@H]1c1ccc(F)c(C)c1. The van der Waals surface area contributed by atoms with Crippen molar-refractivity contribution in [1.82, 2.24) is 15.2 Å². The highest BCUT2D eigenvalue weighted by Crippen LogP contribution is 2.34. The van der Waals surface area contributed by atoms with Crippen molar-refractivity contribution in [1.29, 1.82) is 0 Å². The molecule has 28 heavy (non-hydrogen) atoms. The van der Waals surface area contributed by atoms with Gasteiger partial charge in [-0.1, -0.05) is 18.2 Å². The molecular formula is C22H26FN3O2. The number of carbonyl (C=O) groups is 2. The molecule has 1 aliphatic rings. The van der Waals surface area contributed by atoms with Crippen LogP contribution in [0.25, 0.3) is 0 Å². The van der Waals surface area contributed by atoms with Crippen LogP contribution in [0.3, 0.4) is 0 Å². The number of likely N-dealkylation sites (tertiary alicyclic amines) is 1. The van der Waals surface area contributed by atoms with E-state index < -0.39 is 0 Å². The number of rotatable bonds is 5. The molecule has 148 valence electrons. The summed E-state index contributed by atoms with van der Waals surface area (Å²) < 4.78 is 13.6. The molecule has 5 nitrogen and oxygen atoms in total. The molecule has 0 saturated carbocycles. The van der Waals surface area contributed by atoms with Crippen LogP contribution in [0.5, 0.6) is 0 Å². The highest BCUT2D eigenvalue weighted by Gasteiger charge is 2.34. The Morgan fingerprint density at radius 1 is 1.25 bits per heavy atom. The summed E-state index contributed by atoms with van der Waals surface area (Å²) in [5.74, 6) is -0.585. The normalized spacial score (nSPS) is 19.3. The van der Waals surface area contributed by atoms with E-state index in [0.717, 1.165) is 11.3 Å². The standard InChI is InChI=1S/C22H26FN3O2/c1-15-13-17(6-8-20(15)23)21-9-7-18(14-26(21)16(2)27)22(28)25-12-10-19-5-3-4-11-24-19/h3-6,8,11,13,18,21H,7,9-10,12,14H2,1-2H3,(H,25,28)/t18-,21+/m1/s1. The summed E-state index contributed by atoms with van der Waals surface area (Å²) in [7, 11) is 0. The van der Waals surface area contributed by atoms with E-state index in [0.29, 0.717) is 37.9 Å². The molecule has 6 heteroatoms. The lowest BCUT2D eigenvalue weighted by molar-refractivity contribution is -0.137. The fraction of sp³-hybridized carbons (Fsp3) is 0.409. The van der Waals surface area contributed by atoms with Crippen molar-refractivity contribution in [2.75, 3.05) is 13.1 Å². The molecule has 0 unspecified atom stereocenters. The van der Waals surface area contributed by atoms with Crippen LogP contribution in [-0.4, -0.2) is 34.8 Å². The van der Waals surface area contributed by atoms with E-state index in [9.17, 15) is 14.0 Å². The highest BCUT2D eigenvalue weighted by atomic mass is 19.1. The van der Waals surface area contributed by atoms with Gasteiger partial charge in [-0.05, 0) is 49.1 Å². The Balaban J connectivity index is 1.60. The minimum atomic E-state index is -0.251. The molecule has 2 heterocycles. The largest absolute Gasteiger partial charge is 0.355 e. The number of carbonyl (C=O) groups excluding carboxylic acids is 2. The molecule has 0 bridgehead atoms. The number of amides is 2. The van der Waals surface area contributed by atoms with Gasteiger partial charge in [0.25, 0.3) is 0 Å². The molecule has 1 N–H and O–H groups in total. The number of hydrogen-bond acceptors (Lipinski definition) is 3. The van der Waals surface area contributed by atoms with Crippen LogP contribution in [0, 0.1) is 18.7 Å². The topological polar surface area (TPSA) is 62.3 Å². The molecular weight excluding hydrogens is 357 g/mol. The number of aryl methyl sites for hydroxylation is 1. The summed E-state index contributed by atoms with van der Waals surface area (Å²) in [6.07, 6.45) is 3.79. The minimum absolute atomic E-state index is 0.0316. The molecule has 3 rings (SSSR count). The van der Waals surface area contributed by atoms with Gasteiger partial charge < -0.3 is 10.2 Å². The lowest BCUT2D eigenvalue weighted by atomic mass is 9.88. The second-order valence-corrected chi connectivity index (χ2v) is 7.33. The van der Waals surface area contributed by atoms with E-state index in [2.05, 4.69) is 10.3 Å². The fourth-order valence-electron chi connectivity index (χ4n) is 3.76. The van der Waals surface area contributed by atoms with Crippen molar-refractivity contribution >= 4 is 11.8 Å². The Bertz CT molecular complexity index is 841. The number of benzene rings is 1. The third kappa shape index (κ3) is 4.74. The predicted molar refractivity (Wildman–Crippen MR) is 105 cm³/mol. The molecule has 1 aliphatic heterocycles. The number of nitrogens with zero attached hydrogens (tertiary/aromatic N) is 2. The van der Waals surface area contributed by atoms with Gasteiger partial charge in [0.2, 0.25) is 11.8 Å². The average Bonchev–Trinajstić information content (AvgIpc) is 2.70. The van der Waals surface area contributed by atoms with E-state index in [1.54, 1.807) is 30.2 Å².